The number of nitrogens with one attached hydrogen (secondary N) is 1. The number of nitrogens with zero attached hydrogens (tertiary/aromatic N) is 6. The predicted octanol–water partition coefficient (Wildman–Crippen LogP) is 1.82. The number of anilines is 1. The molecule has 0 amide bonds. The molecule has 0 saturated carbocycles. The summed E-state index contributed by atoms with van der Waals surface area (Å²) in [7, 11) is 1.85. The van der Waals surface area contributed by atoms with Gasteiger partial charge in [0.05, 0.1) is 42.8 Å². The van der Waals surface area contributed by atoms with Crippen molar-refractivity contribution in [3.63, 3.8) is 0 Å². The monoisotopic (exact) mass is 459 g/mol. The molecular formula is C23H25N9O2. The summed E-state index contributed by atoms with van der Waals surface area (Å²) >= 11 is 0. The highest BCUT2D eigenvalue weighted by atomic mass is 16.5. The van der Waals surface area contributed by atoms with E-state index in [0.717, 1.165) is 18.5 Å². The van der Waals surface area contributed by atoms with Gasteiger partial charge in [0.1, 0.15) is 23.1 Å². The average Bonchev–Trinajstić information content (AvgIpc) is 3.55. The second kappa shape index (κ2) is 8.57. The van der Waals surface area contributed by atoms with E-state index in [1.165, 1.54) is 6.20 Å². The minimum absolute atomic E-state index is 0.263. The third-order valence-corrected chi connectivity index (χ3v) is 5.98. The number of morpholine rings is 1. The maximum atomic E-state index is 9.03. The number of pyridine rings is 2. The number of imidazole rings is 1. The molecule has 11 heteroatoms. The minimum atomic E-state index is 0.263. The zero-order chi connectivity index (χ0) is 23.8. The van der Waals surface area contributed by atoms with Gasteiger partial charge in [-0.1, -0.05) is 0 Å². The fraction of sp³-hybridized carbons (Fsp3) is 0.304. The van der Waals surface area contributed by atoms with Crippen LogP contribution in [0.1, 0.15) is 17.7 Å². The molecule has 2 fully saturated rings. The van der Waals surface area contributed by atoms with Crippen LogP contribution in [0.3, 0.4) is 0 Å². The quantitative estimate of drug-likeness (QED) is 0.465. The normalized spacial score (nSPS) is 20.1. The molecule has 0 aromatic carbocycles. The Kier molecular flexibility index (Phi) is 5.43. The number of fused-ring (bicyclic) bond motifs is 3. The molecule has 2 aliphatic heterocycles. The van der Waals surface area contributed by atoms with Crippen molar-refractivity contribution in [2.45, 2.75) is 25.5 Å². The van der Waals surface area contributed by atoms with E-state index in [9.17, 15) is 0 Å². The number of nitrogens with two attached hydrogens (primary N) is 2. The minimum Gasteiger partial charge on any atom is -0.437 e. The first-order valence-electron chi connectivity index (χ1n) is 10.9. The second-order valence-corrected chi connectivity index (χ2v) is 8.42. The van der Waals surface area contributed by atoms with E-state index < -0.39 is 0 Å². The van der Waals surface area contributed by atoms with Gasteiger partial charge in [0, 0.05) is 19.7 Å². The molecule has 0 spiro atoms. The summed E-state index contributed by atoms with van der Waals surface area (Å²) in [6.07, 6.45) is 7.98. The van der Waals surface area contributed by atoms with Gasteiger partial charge in [0.25, 0.3) is 0 Å². The Balaban J connectivity index is 1.40. The molecule has 3 aromatic heterocycles. The molecule has 174 valence electrons. The summed E-state index contributed by atoms with van der Waals surface area (Å²) in [4.78, 5) is 15.2. The lowest BCUT2D eigenvalue weighted by Gasteiger charge is -2.28. The van der Waals surface area contributed by atoms with Crippen molar-refractivity contribution in [1.82, 2.24) is 24.4 Å². The number of nitriles is 1. The van der Waals surface area contributed by atoms with Gasteiger partial charge in [0.15, 0.2) is 11.4 Å². The number of likely N-dealkylation sites (tertiary alicyclic amines) is 1. The van der Waals surface area contributed by atoms with Gasteiger partial charge in [-0.25, -0.2) is 9.97 Å². The number of aromatic nitrogens is 4. The largest absolute Gasteiger partial charge is 0.437 e. The maximum Gasteiger partial charge on any atom is 0.223 e. The highest BCUT2D eigenvalue weighted by Gasteiger charge is 2.39. The molecule has 2 atom stereocenters. The highest BCUT2D eigenvalue weighted by Crippen LogP contribution is 2.31. The summed E-state index contributed by atoms with van der Waals surface area (Å²) < 4.78 is 13.4. The Bertz CT molecular complexity index is 1350. The lowest BCUT2D eigenvalue weighted by molar-refractivity contribution is 0.0439. The Morgan fingerprint density at radius 2 is 2.18 bits per heavy atom. The highest BCUT2D eigenvalue weighted by molar-refractivity contribution is 5.87. The Morgan fingerprint density at radius 3 is 2.88 bits per heavy atom. The van der Waals surface area contributed by atoms with Crippen molar-refractivity contribution in [3.8, 4) is 17.7 Å². The molecule has 2 saturated heterocycles. The fourth-order valence-electron chi connectivity index (χ4n) is 4.23. The van der Waals surface area contributed by atoms with Gasteiger partial charge < -0.3 is 35.7 Å². The Hall–Kier alpha value is -4.30. The number of hydrogen-bond acceptors (Lipinski definition) is 10. The van der Waals surface area contributed by atoms with Gasteiger partial charge in [-0.05, 0) is 37.1 Å². The van der Waals surface area contributed by atoms with Crippen LogP contribution in [-0.2, 0) is 11.8 Å². The summed E-state index contributed by atoms with van der Waals surface area (Å²) in [6, 6.07) is 5.73. The number of allylic oxidation sites excluding steroid dienone is 2. The van der Waals surface area contributed by atoms with E-state index in [1.807, 2.05) is 20.0 Å². The zero-order valence-corrected chi connectivity index (χ0v) is 18.9. The van der Waals surface area contributed by atoms with Crippen LogP contribution >= 0.6 is 0 Å². The van der Waals surface area contributed by atoms with E-state index in [0.29, 0.717) is 58.5 Å². The molecule has 0 radical (unpaired) electrons. The van der Waals surface area contributed by atoms with Crippen LogP contribution in [0, 0.1) is 18.3 Å². The Labute approximate surface area is 196 Å². The lowest BCUT2D eigenvalue weighted by atomic mass is 10.2. The van der Waals surface area contributed by atoms with Crippen molar-refractivity contribution < 1.29 is 9.47 Å². The molecule has 0 aliphatic carbocycles. The second-order valence-electron chi connectivity index (χ2n) is 8.42. The number of ether oxygens (including phenoxy) is 2. The smallest absolute Gasteiger partial charge is 0.223 e. The molecule has 2 aliphatic rings. The van der Waals surface area contributed by atoms with Crippen molar-refractivity contribution in [2.75, 3.05) is 18.5 Å². The van der Waals surface area contributed by atoms with Crippen LogP contribution in [0.15, 0.2) is 48.5 Å². The van der Waals surface area contributed by atoms with Crippen LogP contribution in [-0.4, -0.2) is 49.7 Å². The summed E-state index contributed by atoms with van der Waals surface area (Å²) in [5, 5.41) is 12.2. The van der Waals surface area contributed by atoms with Gasteiger partial charge >= 0.3 is 0 Å². The number of aryl methyl sites for hydroxylation is 2. The van der Waals surface area contributed by atoms with Crippen molar-refractivity contribution in [3.05, 3.63) is 59.7 Å². The van der Waals surface area contributed by atoms with Gasteiger partial charge in [-0.15, -0.1) is 0 Å². The first kappa shape index (κ1) is 21.5. The molecule has 2 unspecified atom stereocenters. The zero-order valence-electron chi connectivity index (χ0n) is 18.9. The maximum absolute atomic E-state index is 9.03. The van der Waals surface area contributed by atoms with Crippen LogP contribution in [0.25, 0.3) is 11.2 Å². The number of rotatable bonds is 6. The van der Waals surface area contributed by atoms with Crippen molar-refractivity contribution in [2.24, 2.45) is 18.5 Å². The van der Waals surface area contributed by atoms with Crippen LogP contribution in [0.4, 0.5) is 5.69 Å². The van der Waals surface area contributed by atoms with Crippen molar-refractivity contribution >= 4 is 16.9 Å². The topological polar surface area (TPSA) is 153 Å². The molecule has 3 aromatic rings. The number of hydrogen-bond donors (Lipinski definition) is 3. The summed E-state index contributed by atoms with van der Waals surface area (Å²) in [5.74, 6) is 1.89. The van der Waals surface area contributed by atoms with Crippen molar-refractivity contribution in [1.29, 1.82) is 5.26 Å². The first-order chi connectivity index (χ1) is 16.4. The molecule has 11 nitrogen and oxygen atoms in total. The van der Waals surface area contributed by atoms with E-state index in [-0.39, 0.29) is 6.10 Å². The van der Waals surface area contributed by atoms with Gasteiger partial charge in [-0.3, -0.25) is 0 Å². The van der Waals surface area contributed by atoms with Crippen LogP contribution in [0.5, 0.6) is 11.6 Å². The van der Waals surface area contributed by atoms with Gasteiger partial charge in [0.2, 0.25) is 5.88 Å². The molecular weight excluding hydrogens is 434 g/mol. The Morgan fingerprint density at radius 1 is 1.32 bits per heavy atom. The predicted molar refractivity (Wildman–Crippen MR) is 125 cm³/mol. The molecule has 5 heterocycles. The third-order valence-electron chi connectivity index (χ3n) is 5.98. The van der Waals surface area contributed by atoms with Gasteiger partial charge in [-0.2, -0.15) is 10.2 Å². The molecule has 34 heavy (non-hydrogen) atoms. The standard InChI is InChI=1S/C23H25N9O2/c1-13-5-14(8-24)27-9-18(13)34-21-7-17(22-23(30-21)31(2)12-28-22)29-19(25)3-4-20(26)32-10-16-6-15(32)11-33-16/h3-5,7,9,12,15-16H,6,10-11,25-26H2,1-2H3,(H,29,30)/b19-3+,20-4+. The average molecular weight is 460 g/mol. The molecule has 5 rings (SSSR count). The first-order valence-corrected chi connectivity index (χ1v) is 10.9. The molecule has 5 N–H and O–H groups in total. The van der Waals surface area contributed by atoms with E-state index in [2.05, 4.69) is 25.2 Å². The van der Waals surface area contributed by atoms with Crippen LogP contribution < -0.4 is 21.5 Å². The summed E-state index contributed by atoms with van der Waals surface area (Å²) in [5.41, 5.74) is 15.5. The summed E-state index contributed by atoms with van der Waals surface area (Å²) in [6.45, 7) is 3.36. The van der Waals surface area contributed by atoms with E-state index in [1.54, 1.807) is 35.2 Å². The third kappa shape index (κ3) is 4.06. The molecule has 2 bridgehead atoms. The SMILES string of the molecule is Cc1cc(C#N)ncc1Oc1cc(N/C(N)=C/C=C(\N)N2CC3CC2CO3)c2ncn(C)c2n1. The fourth-order valence-corrected chi connectivity index (χ4v) is 4.23. The van der Waals surface area contributed by atoms with E-state index >= 15 is 0 Å². The lowest BCUT2D eigenvalue weighted by Crippen LogP contribution is -2.38. The van der Waals surface area contributed by atoms with Crippen LogP contribution in [0.2, 0.25) is 0 Å². The van der Waals surface area contributed by atoms with E-state index in [4.69, 9.17) is 26.2 Å².